The summed E-state index contributed by atoms with van der Waals surface area (Å²) in [6.07, 6.45) is 0. The van der Waals surface area contributed by atoms with E-state index in [4.69, 9.17) is 9.47 Å². The molecule has 0 heterocycles. The summed E-state index contributed by atoms with van der Waals surface area (Å²) in [5, 5.41) is 0.0886. The molecule has 0 fully saturated rings. The maximum Gasteiger partial charge on any atom is 0.190 e. The van der Waals surface area contributed by atoms with Crippen molar-refractivity contribution in [1.29, 1.82) is 0 Å². The van der Waals surface area contributed by atoms with Crippen LogP contribution in [0.1, 0.15) is 36.1 Å². The molecule has 4 nitrogen and oxygen atoms in total. The van der Waals surface area contributed by atoms with Crippen LogP contribution in [-0.2, 0) is 9.59 Å². The number of carbonyl (C=O) groups excluding carboxylic acids is 2. The van der Waals surface area contributed by atoms with Crippen LogP contribution in [0.4, 0.5) is 0 Å². The number of benzene rings is 3. The van der Waals surface area contributed by atoms with Gasteiger partial charge >= 0.3 is 0 Å². The van der Waals surface area contributed by atoms with Crippen molar-refractivity contribution in [2.45, 2.75) is 23.6 Å². The minimum Gasteiger partial charge on any atom is -0.495 e. The van der Waals surface area contributed by atoms with Gasteiger partial charge in [0.05, 0.1) is 25.3 Å². The van der Waals surface area contributed by atoms with Gasteiger partial charge in [-0.1, -0.05) is 47.2 Å². The molecule has 3 rings (SSSR count). The number of carbonyl (C=O) groups is 2. The Labute approximate surface area is 208 Å². The largest absolute Gasteiger partial charge is 0.495 e. The van der Waals surface area contributed by atoms with Crippen molar-refractivity contribution < 1.29 is 19.1 Å². The summed E-state index contributed by atoms with van der Waals surface area (Å²) < 4.78 is 11.1. The van der Waals surface area contributed by atoms with Crippen molar-refractivity contribution in [3.8, 4) is 35.2 Å². The standard InChI is InChI=1S/C28H22O4S2/c1-19(29)33-25-13-7-21(8-14-25)5-11-23-17-28(32-4)24(18-27(23)31-3)12-6-22-9-15-26(16-10-22)34-20(2)30/h7-10,13-18H,1-4H3. The SMILES string of the molecule is COc1cc(C#Cc2ccc(SC(C)=O)cc2)c(OC)cc1C#Cc1ccc(SC(C)=O)cc1. The van der Waals surface area contributed by atoms with E-state index in [2.05, 4.69) is 23.7 Å². The second-order valence-electron chi connectivity index (χ2n) is 6.99. The van der Waals surface area contributed by atoms with Crippen LogP contribution in [0, 0.1) is 23.7 Å². The summed E-state index contributed by atoms with van der Waals surface area (Å²) in [5.41, 5.74) is 3.00. The van der Waals surface area contributed by atoms with Gasteiger partial charge in [-0.3, -0.25) is 9.59 Å². The van der Waals surface area contributed by atoms with E-state index in [-0.39, 0.29) is 10.2 Å². The van der Waals surface area contributed by atoms with Crippen LogP contribution in [-0.4, -0.2) is 24.5 Å². The van der Waals surface area contributed by atoms with E-state index in [0.717, 1.165) is 20.9 Å². The molecular weight excluding hydrogens is 464 g/mol. The lowest BCUT2D eigenvalue weighted by Gasteiger charge is -2.09. The van der Waals surface area contributed by atoms with Crippen LogP contribution in [0.5, 0.6) is 11.5 Å². The van der Waals surface area contributed by atoms with Crippen LogP contribution in [0.15, 0.2) is 70.5 Å². The molecule has 0 spiro atoms. The monoisotopic (exact) mass is 486 g/mol. The molecule has 3 aromatic carbocycles. The lowest BCUT2D eigenvalue weighted by molar-refractivity contribution is -0.109. The van der Waals surface area contributed by atoms with Gasteiger partial charge in [-0.15, -0.1) is 0 Å². The highest BCUT2D eigenvalue weighted by Crippen LogP contribution is 2.28. The lowest BCUT2D eigenvalue weighted by atomic mass is 10.1. The first-order chi connectivity index (χ1) is 16.4. The Morgan fingerprint density at radius 2 is 0.971 bits per heavy atom. The van der Waals surface area contributed by atoms with Gasteiger partial charge < -0.3 is 9.47 Å². The second-order valence-corrected chi connectivity index (χ2v) is 9.49. The number of hydrogen-bond acceptors (Lipinski definition) is 6. The average Bonchev–Trinajstić information content (AvgIpc) is 2.82. The van der Waals surface area contributed by atoms with Gasteiger partial charge in [0, 0.05) is 46.9 Å². The van der Waals surface area contributed by atoms with Gasteiger partial charge in [0.2, 0.25) is 0 Å². The van der Waals surface area contributed by atoms with Gasteiger partial charge in [0.1, 0.15) is 11.5 Å². The minimum atomic E-state index is 0.0443. The van der Waals surface area contributed by atoms with Crippen LogP contribution in [0.25, 0.3) is 0 Å². The predicted molar refractivity (Wildman–Crippen MR) is 137 cm³/mol. The Hall–Kier alpha value is -3.58. The topological polar surface area (TPSA) is 52.6 Å². The Balaban J connectivity index is 1.86. The van der Waals surface area contributed by atoms with E-state index in [9.17, 15) is 9.59 Å². The zero-order chi connectivity index (χ0) is 24.5. The Kier molecular flexibility index (Phi) is 8.87. The van der Waals surface area contributed by atoms with Crippen molar-refractivity contribution in [1.82, 2.24) is 0 Å². The number of ether oxygens (including phenoxy) is 2. The van der Waals surface area contributed by atoms with E-state index < -0.39 is 0 Å². The van der Waals surface area contributed by atoms with Crippen LogP contribution in [0.3, 0.4) is 0 Å². The maximum absolute atomic E-state index is 11.2. The minimum absolute atomic E-state index is 0.0443. The number of thioether (sulfide) groups is 2. The Bertz CT molecular complexity index is 1210. The van der Waals surface area contributed by atoms with Gasteiger partial charge in [0.25, 0.3) is 0 Å². The number of methoxy groups -OCH3 is 2. The van der Waals surface area contributed by atoms with Gasteiger partial charge in [-0.25, -0.2) is 0 Å². The third kappa shape index (κ3) is 7.22. The molecule has 0 aliphatic heterocycles. The highest BCUT2D eigenvalue weighted by atomic mass is 32.2. The molecule has 170 valence electrons. The molecule has 0 aromatic heterocycles. The number of hydrogen-bond donors (Lipinski definition) is 0. The molecule has 0 aliphatic rings. The van der Waals surface area contributed by atoms with Crippen molar-refractivity contribution in [2.75, 3.05) is 14.2 Å². The molecule has 0 aliphatic carbocycles. The molecule has 0 radical (unpaired) electrons. The summed E-state index contributed by atoms with van der Waals surface area (Å²) in [4.78, 5) is 24.2. The van der Waals surface area contributed by atoms with Crippen LogP contribution < -0.4 is 9.47 Å². The molecular formula is C28H22O4S2. The van der Waals surface area contributed by atoms with E-state index in [1.54, 1.807) is 14.2 Å². The zero-order valence-corrected chi connectivity index (χ0v) is 20.9. The highest BCUT2D eigenvalue weighted by molar-refractivity contribution is 8.13. The molecule has 0 amide bonds. The van der Waals surface area contributed by atoms with Gasteiger partial charge in [-0.05, 0) is 48.5 Å². The fourth-order valence-corrected chi connectivity index (χ4v) is 4.12. The molecule has 3 aromatic rings. The number of rotatable bonds is 4. The van der Waals surface area contributed by atoms with E-state index in [1.807, 2.05) is 60.7 Å². The van der Waals surface area contributed by atoms with Crippen molar-refractivity contribution in [3.63, 3.8) is 0 Å². The molecule has 0 saturated carbocycles. The fourth-order valence-electron chi connectivity index (χ4n) is 2.92. The lowest BCUT2D eigenvalue weighted by Crippen LogP contribution is -1.94. The third-order valence-corrected chi connectivity index (χ3v) is 6.03. The van der Waals surface area contributed by atoms with Crippen molar-refractivity contribution in [3.05, 3.63) is 82.9 Å². The first-order valence-electron chi connectivity index (χ1n) is 10.2. The average molecular weight is 487 g/mol. The smallest absolute Gasteiger partial charge is 0.190 e. The summed E-state index contributed by atoms with van der Waals surface area (Å²) >= 11 is 2.38. The first kappa shape index (κ1) is 25.1. The third-order valence-electron chi connectivity index (χ3n) is 4.44. The summed E-state index contributed by atoms with van der Waals surface area (Å²) in [6.45, 7) is 3.08. The van der Waals surface area contributed by atoms with E-state index in [0.29, 0.717) is 22.6 Å². The van der Waals surface area contributed by atoms with Gasteiger partial charge in [-0.2, -0.15) is 0 Å². The quantitative estimate of drug-likeness (QED) is 0.344. The molecule has 6 heteroatoms. The second kappa shape index (κ2) is 12.0. The highest BCUT2D eigenvalue weighted by Gasteiger charge is 2.09. The molecule has 0 N–H and O–H groups in total. The summed E-state index contributed by atoms with van der Waals surface area (Å²) in [7, 11) is 3.17. The van der Waals surface area contributed by atoms with Crippen LogP contribution in [0.2, 0.25) is 0 Å². The maximum atomic E-state index is 11.2. The van der Waals surface area contributed by atoms with Gasteiger partial charge in [0.15, 0.2) is 10.2 Å². The normalized spacial score (nSPS) is 9.76. The van der Waals surface area contributed by atoms with Crippen LogP contribution >= 0.6 is 23.5 Å². The zero-order valence-electron chi connectivity index (χ0n) is 19.2. The first-order valence-corrected chi connectivity index (χ1v) is 11.9. The van der Waals surface area contributed by atoms with E-state index in [1.165, 1.54) is 37.4 Å². The molecule has 0 bridgehead atoms. The summed E-state index contributed by atoms with van der Waals surface area (Å²) in [6, 6.07) is 18.6. The van der Waals surface area contributed by atoms with E-state index >= 15 is 0 Å². The molecule has 0 unspecified atom stereocenters. The predicted octanol–water partition coefficient (Wildman–Crippen LogP) is 5.78. The Morgan fingerprint density at radius 1 is 0.618 bits per heavy atom. The molecule has 0 atom stereocenters. The molecule has 34 heavy (non-hydrogen) atoms. The Morgan fingerprint density at radius 3 is 1.26 bits per heavy atom. The van der Waals surface area contributed by atoms with Crippen molar-refractivity contribution >= 4 is 33.8 Å². The van der Waals surface area contributed by atoms with Crippen molar-refractivity contribution in [2.24, 2.45) is 0 Å². The summed E-state index contributed by atoms with van der Waals surface area (Å²) in [5.74, 6) is 13.7. The molecule has 0 saturated heterocycles. The fraction of sp³-hybridized carbons (Fsp3) is 0.143.